The van der Waals surface area contributed by atoms with Gasteiger partial charge >= 0.3 is 0 Å². The summed E-state index contributed by atoms with van der Waals surface area (Å²) >= 11 is 0. The van der Waals surface area contributed by atoms with Crippen molar-refractivity contribution in [3.05, 3.63) is 30.3 Å². The number of sulfonamides is 1. The van der Waals surface area contributed by atoms with Crippen LogP contribution in [0, 0.1) is 5.92 Å². The Hall–Kier alpha value is -1.40. The molecule has 6 heteroatoms. The van der Waals surface area contributed by atoms with Gasteiger partial charge in [-0.25, -0.2) is 8.42 Å². The van der Waals surface area contributed by atoms with E-state index in [1.54, 1.807) is 18.2 Å². The molecule has 0 aliphatic rings. The van der Waals surface area contributed by atoms with Crippen LogP contribution in [0.4, 0.5) is 0 Å². The van der Waals surface area contributed by atoms with Crippen molar-refractivity contribution in [3.63, 3.8) is 0 Å². The summed E-state index contributed by atoms with van der Waals surface area (Å²) in [7, 11) is -3.66. The Balaban J connectivity index is 2.57. The Bertz CT molecular complexity index is 527. The summed E-state index contributed by atoms with van der Waals surface area (Å²) in [5.74, 6) is 0.178. The molecular weight excluding hydrogens is 276 g/mol. The average molecular weight is 298 g/mol. The molecule has 0 fully saturated rings. The minimum absolute atomic E-state index is 0.154. The molecule has 1 atom stereocenters. The Labute approximate surface area is 120 Å². The van der Waals surface area contributed by atoms with Crippen LogP contribution in [0.1, 0.15) is 27.2 Å². The maximum atomic E-state index is 12.0. The fourth-order valence-electron chi connectivity index (χ4n) is 1.59. The van der Waals surface area contributed by atoms with E-state index in [-0.39, 0.29) is 10.8 Å². The van der Waals surface area contributed by atoms with Crippen LogP contribution in [0.5, 0.6) is 0 Å². The van der Waals surface area contributed by atoms with Crippen molar-refractivity contribution in [1.29, 1.82) is 0 Å². The smallest absolute Gasteiger partial charge is 0.241 e. The number of amides is 1. The van der Waals surface area contributed by atoms with E-state index in [9.17, 15) is 13.2 Å². The summed E-state index contributed by atoms with van der Waals surface area (Å²) < 4.78 is 26.4. The van der Waals surface area contributed by atoms with E-state index in [1.807, 2.05) is 0 Å². The van der Waals surface area contributed by atoms with Gasteiger partial charge in [0.05, 0.1) is 10.9 Å². The highest BCUT2D eigenvalue weighted by Gasteiger charge is 2.21. The van der Waals surface area contributed by atoms with Gasteiger partial charge in [-0.15, -0.1) is 0 Å². The third-order valence-corrected chi connectivity index (χ3v) is 4.36. The third kappa shape index (κ3) is 5.30. The van der Waals surface area contributed by atoms with Crippen LogP contribution in [0.25, 0.3) is 0 Å². The molecule has 0 spiro atoms. The molecule has 0 saturated heterocycles. The molecule has 1 aromatic carbocycles. The van der Waals surface area contributed by atoms with Crippen molar-refractivity contribution < 1.29 is 13.2 Å². The first-order valence-corrected chi connectivity index (χ1v) is 8.16. The zero-order valence-electron chi connectivity index (χ0n) is 12.1. The SMILES string of the molecule is CC(C)CCNC(=O)C(C)NS(=O)(=O)c1ccccc1. The monoisotopic (exact) mass is 298 g/mol. The highest BCUT2D eigenvalue weighted by atomic mass is 32.2. The fourth-order valence-corrected chi connectivity index (χ4v) is 2.82. The van der Waals surface area contributed by atoms with Crippen molar-refractivity contribution in [2.45, 2.75) is 38.1 Å². The Morgan fingerprint density at radius 1 is 1.15 bits per heavy atom. The van der Waals surface area contributed by atoms with E-state index in [4.69, 9.17) is 0 Å². The molecule has 1 amide bonds. The zero-order chi connectivity index (χ0) is 15.2. The molecule has 112 valence electrons. The molecule has 0 heterocycles. The van der Waals surface area contributed by atoms with Gasteiger partial charge in [0.15, 0.2) is 0 Å². The van der Waals surface area contributed by atoms with Gasteiger partial charge in [-0.05, 0) is 31.4 Å². The Kier molecular flexibility index (Phi) is 6.16. The lowest BCUT2D eigenvalue weighted by Crippen LogP contribution is -2.45. The average Bonchev–Trinajstić information content (AvgIpc) is 2.38. The molecular formula is C14H22N2O3S. The van der Waals surface area contributed by atoms with Crippen LogP contribution in [0.2, 0.25) is 0 Å². The van der Waals surface area contributed by atoms with Crippen molar-refractivity contribution in [3.8, 4) is 0 Å². The van der Waals surface area contributed by atoms with Crippen molar-refractivity contribution >= 4 is 15.9 Å². The van der Waals surface area contributed by atoms with Gasteiger partial charge in [-0.2, -0.15) is 4.72 Å². The normalized spacial score (nSPS) is 13.2. The molecule has 1 aromatic rings. The van der Waals surface area contributed by atoms with Gasteiger partial charge in [-0.3, -0.25) is 4.79 Å². The molecule has 0 bridgehead atoms. The lowest BCUT2D eigenvalue weighted by molar-refractivity contribution is -0.122. The number of hydrogen-bond donors (Lipinski definition) is 2. The molecule has 5 nitrogen and oxygen atoms in total. The van der Waals surface area contributed by atoms with Crippen LogP contribution in [-0.2, 0) is 14.8 Å². The summed E-state index contributed by atoms with van der Waals surface area (Å²) in [6.07, 6.45) is 0.865. The first-order chi connectivity index (χ1) is 9.33. The van der Waals surface area contributed by atoms with E-state index in [0.717, 1.165) is 6.42 Å². The molecule has 0 aliphatic heterocycles. The summed E-state index contributed by atoms with van der Waals surface area (Å²) in [6, 6.07) is 7.20. The van der Waals surface area contributed by atoms with Gasteiger partial charge in [-0.1, -0.05) is 32.0 Å². The molecule has 0 radical (unpaired) electrons. The molecule has 0 aromatic heterocycles. The molecule has 0 saturated carbocycles. The fraction of sp³-hybridized carbons (Fsp3) is 0.500. The van der Waals surface area contributed by atoms with Crippen LogP contribution in [-0.4, -0.2) is 26.9 Å². The van der Waals surface area contributed by atoms with Gasteiger partial charge in [0, 0.05) is 6.54 Å². The Morgan fingerprint density at radius 3 is 2.30 bits per heavy atom. The summed E-state index contributed by atoms with van der Waals surface area (Å²) in [4.78, 5) is 11.9. The number of nitrogens with one attached hydrogen (secondary N) is 2. The second-order valence-electron chi connectivity index (χ2n) is 5.13. The summed E-state index contributed by atoms with van der Waals surface area (Å²) in [6.45, 7) is 6.21. The van der Waals surface area contributed by atoms with Gasteiger partial charge in [0.25, 0.3) is 0 Å². The maximum Gasteiger partial charge on any atom is 0.241 e. The van der Waals surface area contributed by atoms with E-state index in [1.165, 1.54) is 19.1 Å². The van der Waals surface area contributed by atoms with Crippen LogP contribution in [0.3, 0.4) is 0 Å². The van der Waals surface area contributed by atoms with E-state index in [2.05, 4.69) is 23.9 Å². The van der Waals surface area contributed by atoms with Gasteiger partial charge in [0.2, 0.25) is 15.9 Å². The molecule has 1 unspecified atom stereocenters. The van der Waals surface area contributed by atoms with Crippen LogP contribution >= 0.6 is 0 Å². The molecule has 2 N–H and O–H groups in total. The second kappa shape index (κ2) is 7.40. The third-order valence-electron chi connectivity index (χ3n) is 2.80. The first-order valence-electron chi connectivity index (χ1n) is 6.68. The number of rotatable bonds is 7. The van der Waals surface area contributed by atoms with Crippen LogP contribution in [0.15, 0.2) is 35.2 Å². The number of carbonyl (C=O) groups is 1. The van der Waals surface area contributed by atoms with E-state index in [0.29, 0.717) is 12.5 Å². The standard InChI is InChI=1S/C14H22N2O3S/c1-11(2)9-10-15-14(17)12(3)16-20(18,19)13-7-5-4-6-8-13/h4-8,11-12,16H,9-10H2,1-3H3,(H,15,17). The lowest BCUT2D eigenvalue weighted by atomic mass is 10.1. The number of hydrogen-bond acceptors (Lipinski definition) is 3. The predicted octanol–water partition coefficient (Wildman–Crippen LogP) is 1.52. The second-order valence-corrected chi connectivity index (χ2v) is 6.84. The lowest BCUT2D eigenvalue weighted by Gasteiger charge is -2.15. The van der Waals surface area contributed by atoms with Crippen molar-refractivity contribution in [2.75, 3.05) is 6.54 Å². The Morgan fingerprint density at radius 2 is 1.75 bits per heavy atom. The van der Waals surface area contributed by atoms with E-state index >= 15 is 0 Å². The van der Waals surface area contributed by atoms with Crippen LogP contribution < -0.4 is 10.0 Å². The summed E-state index contributed by atoms with van der Waals surface area (Å²) in [5, 5.41) is 2.72. The minimum Gasteiger partial charge on any atom is -0.355 e. The van der Waals surface area contributed by atoms with Crippen molar-refractivity contribution in [1.82, 2.24) is 10.0 Å². The highest BCUT2D eigenvalue weighted by molar-refractivity contribution is 7.89. The maximum absolute atomic E-state index is 12.0. The quantitative estimate of drug-likeness (QED) is 0.801. The molecule has 0 aliphatic carbocycles. The summed E-state index contributed by atoms with van der Waals surface area (Å²) in [5.41, 5.74) is 0. The highest BCUT2D eigenvalue weighted by Crippen LogP contribution is 2.08. The molecule has 20 heavy (non-hydrogen) atoms. The first kappa shape index (κ1) is 16.7. The topological polar surface area (TPSA) is 75.3 Å². The predicted molar refractivity (Wildman–Crippen MR) is 78.7 cm³/mol. The number of carbonyl (C=O) groups excluding carboxylic acids is 1. The number of benzene rings is 1. The largest absolute Gasteiger partial charge is 0.355 e. The van der Waals surface area contributed by atoms with E-state index < -0.39 is 16.1 Å². The molecule has 1 rings (SSSR count). The van der Waals surface area contributed by atoms with Gasteiger partial charge in [0.1, 0.15) is 0 Å². The van der Waals surface area contributed by atoms with Crippen molar-refractivity contribution in [2.24, 2.45) is 5.92 Å². The minimum atomic E-state index is -3.66. The zero-order valence-corrected chi connectivity index (χ0v) is 12.9. The van der Waals surface area contributed by atoms with Gasteiger partial charge < -0.3 is 5.32 Å².